The standard InChI is InChI=1S/C16H18ClN3O/c1-3-8-18-12-6-7-13(11(2)10-12)16(21)20-15-14(17)5-4-9-19-15/h4-7,9-10,18H,3,8H2,1-2H3,(H,19,20,21). The number of aromatic nitrogens is 1. The van der Waals surface area contributed by atoms with E-state index in [4.69, 9.17) is 11.6 Å². The fraction of sp³-hybridized carbons (Fsp3) is 0.250. The molecule has 1 aromatic heterocycles. The van der Waals surface area contributed by atoms with Crippen molar-refractivity contribution < 1.29 is 4.79 Å². The van der Waals surface area contributed by atoms with Crippen molar-refractivity contribution in [1.29, 1.82) is 0 Å². The van der Waals surface area contributed by atoms with Crippen molar-refractivity contribution in [3.05, 3.63) is 52.7 Å². The molecule has 2 N–H and O–H groups in total. The number of benzene rings is 1. The first-order valence-electron chi connectivity index (χ1n) is 6.88. The second-order valence-electron chi connectivity index (χ2n) is 4.74. The number of hydrogen-bond donors (Lipinski definition) is 2. The molecule has 0 atom stereocenters. The van der Waals surface area contributed by atoms with Crippen molar-refractivity contribution in [3.8, 4) is 0 Å². The van der Waals surface area contributed by atoms with Crippen LogP contribution in [0.25, 0.3) is 0 Å². The number of rotatable bonds is 5. The minimum absolute atomic E-state index is 0.213. The summed E-state index contributed by atoms with van der Waals surface area (Å²) in [4.78, 5) is 16.3. The molecule has 2 aromatic rings. The number of carbonyl (C=O) groups excluding carboxylic acids is 1. The van der Waals surface area contributed by atoms with Crippen LogP contribution in [0.2, 0.25) is 5.02 Å². The van der Waals surface area contributed by atoms with E-state index in [1.165, 1.54) is 0 Å². The summed E-state index contributed by atoms with van der Waals surface area (Å²) < 4.78 is 0. The molecule has 0 aliphatic heterocycles. The van der Waals surface area contributed by atoms with Gasteiger partial charge < -0.3 is 10.6 Å². The fourth-order valence-corrected chi connectivity index (χ4v) is 2.12. The van der Waals surface area contributed by atoms with Gasteiger partial charge >= 0.3 is 0 Å². The zero-order chi connectivity index (χ0) is 15.2. The van der Waals surface area contributed by atoms with Crippen molar-refractivity contribution >= 4 is 29.0 Å². The maximum Gasteiger partial charge on any atom is 0.257 e. The van der Waals surface area contributed by atoms with Crippen molar-refractivity contribution in [1.82, 2.24) is 4.98 Å². The Morgan fingerprint density at radius 2 is 2.14 bits per heavy atom. The van der Waals surface area contributed by atoms with Gasteiger partial charge in [0.25, 0.3) is 5.91 Å². The molecule has 1 aromatic carbocycles. The van der Waals surface area contributed by atoms with Crippen LogP contribution in [0.3, 0.4) is 0 Å². The van der Waals surface area contributed by atoms with Gasteiger partial charge in [-0.3, -0.25) is 4.79 Å². The van der Waals surface area contributed by atoms with E-state index in [1.54, 1.807) is 24.4 Å². The zero-order valence-electron chi connectivity index (χ0n) is 12.1. The topological polar surface area (TPSA) is 54.0 Å². The lowest BCUT2D eigenvalue weighted by molar-refractivity contribution is 0.102. The Hall–Kier alpha value is -2.07. The largest absolute Gasteiger partial charge is 0.385 e. The Balaban J connectivity index is 2.14. The van der Waals surface area contributed by atoms with Crippen LogP contribution in [0.1, 0.15) is 29.3 Å². The first-order chi connectivity index (χ1) is 10.1. The van der Waals surface area contributed by atoms with Crippen LogP contribution in [0, 0.1) is 6.92 Å². The van der Waals surface area contributed by atoms with Gasteiger partial charge in [-0.05, 0) is 49.2 Å². The summed E-state index contributed by atoms with van der Waals surface area (Å²) in [5.74, 6) is 0.159. The van der Waals surface area contributed by atoms with E-state index >= 15 is 0 Å². The molecule has 0 saturated heterocycles. The van der Waals surface area contributed by atoms with Gasteiger partial charge in [-0.25, -0.2) is 4.98 Å². The number of hydrogen-bond acceptors (Lipinski definition) is 3. The number of amides is 1. The molecule has 0 radical (unpaired) electrons. The molecule has 1 heterocycles. The molecule has 5 heteroatoms. The normalized spacial score (nSPS) is 10.2. The molecule has 1 amide bonds. The molecule has 0 unspecified atom stereocenters. The number of pyridine rings is 1. The summed E-state index contributed by atoms with van der Waals surface area (Å²) in [6.07, 6.45) is 2.64. The molecular formula is C16H18ClN3O. The Labute approximate surface area is 129 Å². The van der Waals surface area contributed by atoms with Gasteiger partial charge in [0.05, 0.1) is 5.02 Å². The zero-order valence-corrected chi connectivity index (χ0v) is 12.9. The maximum atomic E-state index is 12.3. The second kappa shape index (κ2) is 7.09. The van der Waals surface area contributed by atoms with Crippen LogP contribution < -0.4 is 10.6 Å². The summed E-state index contributed by atoms with van der Waals surface area (Å²) in [5, 5.41) is 6.44. The number of halogens is 1. The number of anilines is 2. The molecule has 4 nitrogen and oxygen atoms in total. The van der Waals surface area contributed by atoms with Gasteiger partial charge in [0.15, 0.2) is 5.82 Å². The van der Waals surface area contributed by atoms with Gasteiger partial charge in [0.1, 0.15) is 0 Å². The Bertz CT molecular complexity index is 643. The molecule has 0 fully saturated rings. The van der Waals surface area contributed by atoms with Crippen LogP contribution >= 0.6 is 11.6 Å². The van der Waals surface area contributed by atoms with E-state index in [-0.39, 0.29) is 5.91 Å². The number of aryl methyl sites for hydroxylation is 1. The summed E-state index contributed by atoms with van der Waals surface area (Å²) in [7, 11) is 0. The van der Waals surface area contributed by atoms with E-state index in [0.717, 1.165) is 24.2 Å². The Morgan fingerprint density at radius 3 is 2.81 bits per heavy atom. The minimum atomic E-state index is -0.213. The molecule has 0 saturated carbocycles. The Kier molecular flexibility index (Phi) is 5.17. The van der Waals surface area contributed by atoms with Gasteiger partial charge in [0.2, 0.25) is 0 Å². The highest BCUT2D eigenvalue weighted by Gasteiger charge is 2.12. The van der Waals surface area contributed by atoms with E-state index in [9.17, 15) is 4.79 Å². The van der Waals surface area contributed by atoms with Crippen LogP contribution in [-0.4, -0.2) is 17.4 Å². The van der Waals surface area contributed by atoms with Gasteiger partial charge in [-0.1, -0.05) is 18.5 Å². The van der Waals surface area contributed by atoms with Crippen LogP contribution in [0.5, 0.6) is 0 Å². The summed E-state index contributed by atoms with van der Waals surface area (Å²) >= 11 is 5.99. The molecule has 21 heavy (non-hydrogen) atoms. The van der Waals surface area contributed by atoms with Crippen molar-refractivity contribution in [3.63, 3.8) is 0 Å². The third-order valence-corrected chi connectivity index (χ3v) is 3.35. The first kappa shape index (κ1) is 15.3. The first-order valence-corrected chi connectivity index (χ1v) is 7.26. The number of carbonyl (C=O) groups is 1. The van der Waals surface area contributed by atoms with Gasteiger partial charge in [-0.2, -0.15) is 0 Å². The Morgan fingerprint density at radius 1 is 1.33 bits per heavy atom. The lowest BCUT2D eigenvalue weighted by Crippen LogP contribution is -2.15. The lowest BCUT2D eigenvalue weighted by Gasteiger charge is -2.11. The molecule has 0 aliphatic carbocycles. The third kappa shape index (κ3) is 3.95. The van der Waals surface area contributed by atoms with Crippen molar-refractivity contribution in [2.45, 2.75) is 20.3 Å². The molecular weight excluding hydrogens is 286 g/mol. The summed E-state index contributed by atoms with van der Waals surface area (Å²) in [5.41, 5.74) is 2.53. The van der Waals surface area contributed by atoms with E-state index in [1.807, 2.05) is 19.1 Å². The van der Waals surface area contributed by atoms with Crippen molar-refractivity contribution in [2.75, 3.05) is 17.2 Å². The average molecular weight is 304 g/mol. The van der Waals surface area contributed by atoms with Crippen LogP contribution in [-0.2, 0) is 0 Å². The highest BCUT2D eigenvalue weighted by atomic mass is 35.5. The fourth-order valence-electron chi connectivity index (χ4n) is 1.95. The van der Waals surface area contributed by atoms with Gasteiger partial charge in [-0.15, -0.1) is 0 Å². The minimum Gasteiger partial charge on any atom is -0.385 e. The molecule has 0 bridgehead atoms. The molecule has 0 aliphatic rings. The lowest BCUT2D eigenvalue weighted by atomic mass is 10.1. The quantitative estimate of drug-likeness (QED) is 0.873. The highest BCUT2D eigenvalue weighted by Crippen LogP contribution is 2.20. The third-order valence-electron chi connectivity index (χ3n) is 3.04. The van der Waals surface area contributed by atoms with E-state index in [0.29, 0.717) is 16.4 Å². The number of nitrogens with one attached hydrogen (secondary N) is 2. The number of nitrogens with zero attached hydrogens (tertiary/aromatic N) is 1. The highest BCUT2D eigenvalue weighted by molar-refractivity contribution is 6.33. The predicted molar refractivity (Wildman–Crippen MR) is 87.2 cm³/mol. The maximum absolute atomic E-state index is 12.3. The predicted octanol–water partition coefficient (Wildman–Crippen LogP) is 4.12. The average Bonchev–Trinajstić information content (AvgIpc) is 2.47. The molecule has 110 valence electrons. The van der Waals surface area contributed by atoms with E-state index in [2.05, 4.69) is 22.5 Å². The molecule has 0 spiro atoms. The van der Waals surface area contributed by atoms with Gasteiger partial charge in [0, 0.05) is 24.0 Å². The summed E-state index contributed by atoms with van der Waals surface area (Å²) in [6.45, 7) is 4.93. The van der Waals surface area contributed by atoms with E-state index < -0.39 is 0 Å². The second-order valence-corrected chi connectivity index (χ2v) is 5.15. The summed E-state index contributed by atoms with van der Waals surface area (Å²) in [6, 6.07) is 9.08. The van der Waals surface area contributed by atoms with Crippen molar-refractivity contribution in [2.24, 2.45) is 0 Å². The van der Waals surface area contributed by atoms with Crippen LogP contribution in [0.4, 0.5) is 11.5 Å². The SMILES string of the molecule is CCCNc1ccc(C(=O)Nc2ncccc2Cl)c(C)c1. The monoisotopic (exact) mass is 303 g/mol. The smallest absolute Gasteiger partial charge is 0.257 e. The molecule has 2 rings (SSSR count). The van der Waals surface area contributed by atoms with Crippen LogP contribution in [0.15, 0.2) is 36.5 Å².